The molecule has 0 saturated heterocycles. The molecule has 0 saturated carbocycles. The fourth-order valence-electron chi connectivity index (χ4n) is 3.29. The van der Waals surface area contributed by atoms with Crippen molar-refractivity contribution in [2.75, 3.05) is 6.54 Å². The highest BCUT2D eigenvalue weighted by molar-refractivity contribution is 5.94. The third kappa shape index (κ3) is 5.81. The lowest BCUT2D eigenvalue weighted by Crippen LogP contribution is -2.30. The molecule has 0 unspecified atom stereocenters. The number of rotatable bonds is 7. The van der Waals surface area contributed by atoms with E-state index in [0.717, 1.165) is 5.56 Å². The van der Waals surface area contributed by atoms with Crippen LogP contribution in [0.3, 0.4) is 0 Å². The van der Waals surface area contributed by atoms with E-state index in [0.29, 0.717) is 22.6 Å². The molecule has 32 heavy (non-hydrogen) atoms. The van der Waals surface area contributed by atoms with Crippen LogP contribution in [0.1, 0.15) is 54.5 Å². The van der Waals surface area contributed by atoms with Gasteiger partial charge in [-0.25, -0.2) is 9.37 Å². The molecular weight excluding hydrogens is 407 g/mol. The third-order valence-corrected chi connectivity index (χ3v) is 5.24. The normalized spacial score (nSPS) is 11.3. The topological polar surface area (TPSA) is 76.0 Å². The van der Waals surface area contributed by atoms with Gasteiger partial charge in [-0.2, -0.15) is 0 Å². The molecule has 2 amide bonds. The first-order valence-corrected chi connectivity index (χ1v) is 10.6. The van der Waals surface area contributed by atoms with Crippen molar-refractivity contribution >= 4 is 11.8 Å². The summed E-state index contributed by atoms with van der Waals surface area (Å²) in [5.41, 5.74) is 2.79. The molecule has 1 aromatic heterocycles. The standard InChI is InChI=1S/C25H29FN4O2/c1-17-27-13-14-30(17)22-10-5-18(15-21(22)26)16-29-23(31)11-12-28-24(32)19-6-8-20(9-7-19)25(2,3)4/h5-10,13-15H,11-12,16H2,1-4H3,(H,28,32)(H,29,31). The van der Waals surface area contributed by atoms with Gasteiger partial charge in [0.25, 0.3) is 5.91 Å². The van der Waals surface area contributed by atoms with E-state index in [1.165, 1.54) is 6.07 Å². The van der Waals surface area contributed by atoms with Gasteiger partial charge in [0.2, 0.25) is 5.91 Å². The molecule has 0 atom stereocenters. The SMILES string of the molecule is Cc1nccn1-c1ccc(CNC(=O)CCNC(=O)c2ccc(C(C)(C)C)cc2)cc1F. The zero-order chi connectivity index (χ0) is 23.3. The fraction of sp³-hybridized carbons (Fsp3) is 0.320. The van der Waals surface area contributed by atoms with Crippen molar-refractivity contribution in [2.45, 2.75) is 46.1 Å². The number of halogens is 1. The Balaban J connectivity index is 1.45. The first-order valence-electron chi connectivity index (χ1n) is 10.6. The summed E-state index contributed by atoms with van der Waals surface area (Å²) in [5, 5.41) is 5.51. The number of amides is 2. The lowest BCUT2D eigenvalue weighted by atomic mass is 9.87. The minimum atomic E-state index is -0.386. The van der Waals surface area contributed by atoms with Gasteiger partial charge in [0, 0.05) is 37.5 Å². The minimum absolute atomic E-state index is 0.0226. The number of carbonyl (C=O) groups is 2. The first-order chi connectivity index (χ1) is 15.1. The number of imidazole rings is 1. The van der Waals surface area contributed by atoms with E-state index < -0.39 is 0 Å². The van der Waals surface area contributed by atoms with Crippen LogP contribution in [-0.2, 0) is 16.8 Å². The molecule has 3 aromatic rings. The van der Waals surface area contributed by atoms with Gasteiger partial charge >= 0.3 is 0 Å². The van der Waals surface area contributed by atoms with Crippen molar-refractivity contribution in [3.05, 3.63) is 83.2 Å². The minimum Gasteiger partial charge on any atom is -0.352 e. The van der Waals surface area contributed by atoms with Crippen molar-refractivity contribution in [1.29, 1.82) is 0 Å². The highest BCUT2D eigenvalue weighted by Gasteiger charge is 2.14. The Morgan fingerprint density at radius 1 is 1.06 bits per heavy atom. The Labute approximate surface area is 187 Å². The zero-order valence-electron chi connectivity index (χ0n) is 18.9. The molecule has 6 nitrogen and oxygen atoms in total. The van der Waals surface area contributed by atoms with Crippen LogP contribution >= 0.6 is 0 Å². The van der Waals surface area contributed by atoms with Crippen LogP contribution in [0.2, 0.25) is 0 Å². The number of benzene rings is 2. The fourth-order valence-corrected chi connectivity index (χ4v) is 3.29. The Kier molecular flexibility index (Phi) is 7.08. The van der Waals surface area contributed by atoms with Gasteiger partial charge in [-0.1, -0.05) is 39.0 Å². The number of hydrogen-bond acceptors (Lipinski definition) is 3. The lowest BCUT2D eigenvalue weighted by Gasteiger charge is -2.19. The summed E-state index contributed by atoms with van der Waals surface area (Å²) in [6.07, 6.45) is 3.45. The van der Waals surface area contributed by atoms with Crippen molar-refractivity contribution in [3.63, 3.8) is 0 Å². The summed E-state index contributed by atoms with van der Waals surface area (Å²) < 4.78 is 16.1. The largest absolute Gasteiger partial charge is 0.352 e. The van der Waals surface area contributed by atoms with E-state index in [9.17, 15) is 14.0 Å². The van der Waals surface area contributed by atoms with Crippen LogP contribution in [0.25, 0.3) is 5.69 Å². The van der Waals surface area contributed by atoms with Gasteiger partial charge in [-0.05, 0) is 47.7 Å². The summed E-state index contributed by atoms with van der Waals surface area (Å²) >= 11 is 0. The van der Waals surface area contributed by atoms with Gasteiger partial charge in [0.1, 0.15) is 11.6 Å². The van der Waals surface area contributed by atoms with Crippen LogP contribution in [0.4, 0.5) is 4.39 Å². The van der Waals surface area contributed by atoms with Crippen molar-refractivity contribution in [1.82, 2.24) is 20.2 Å². The molecule has 2 aromatic carbocycles. The Morgan fingerprint density at radius 2 is 1.78 bits per heavy atom. The molecule has 168 valence electrons. The Hall–Kier alpha value is -3.48. The summed E-state index contributed by atoms with van der Waals surface area (Å²) in [4.78, 5) is 28.5. The van der Waals surface area contributed by atoms with Gasteiger partial charge in [-0.3, -0.25) is 9.59 Å². The molecule has 2 N–H and O–H groups in total. The van der Waals surface area contributed by atoms with Gasteiger partial charge in [0.15, 0.2) is 0 Å². The number of nitrogens with one attached hydrogen (secondary N) is 2. The van der Waals surface area contributed by atoms with Crippen LogP contribution in [0, 0.1) is 12.7 Å². The molecule has 7 heteroatoms. The quantitative estimate of drug-likeness (QED) is 0.587. The molecule has 0 aliphatic carbocycles. The second-order valence-corrected chi connectivity index (χ2v) is 8.74. The molecular formula is C25H29FN4O2. The second-order valence-electron chi connectivity index (χ2n) is 8.74. The maximum absolute atomic E-state index is 14.5. The van der Waals surface area contributed by atoms with Crippen LogP contribution in [0.5, 0.6) is 0 Å². The van der Waals surface area contributed by atoms with E-state index in [-0.39, 0.29) is 42.6 Å². The van der Waals surface area contributed by atoms with Crippen LogP contribution < -0.4 is 10.6 Å². The Morgan fingerprint density at radius 3 is 2.38 bits per heavy atom. The van der Waals surface area contributed by atoms with E-state index in [2.05, 4.69) is 36.4 Å². The van der Waals surface area contributed by atoms with Crippen molar-refractivity contribution in [3.8, 4) is 5.69 Å². The summed E-state index contributed by atoms with van der Waals surface area (Å²) in [6, 6.07) is 12.3. The highest BCUT2D eigenvalue weighted by atomic mass is 19.1. The predicted octanol–water partition coefficient (Wildman–Crippen LogP) is 4.05. The summed E-state index contributed by atoms with van der Waals surface area (Å²) in [6.45, 7) is 8.58. The molecule has 0 bridgehead atoms. The molecule has 0 spiro atoms. The van der Waals surface area contributed by atoms with E-state index in [4.69, 9.17) is 0 Å². The smallest absolute Gasteiger partial charge is 0.251 e. The molecule has 0 aliphatic heterocycles. The monoisotopic (exact) mass is 436 g/mol. The van der Waals surface area contributed by atoms with Crippen molar-refractivity contribution in [2.24, 2.45) is 0 Å². The van der Waals surface area contributed by atoms with Crippen LogP contribution in [0.15, 0.2) is 54.9 Å². The number of carbonyl (C=O) groups excluding carboxylic acids is 2. The Bertz CT molecular complexity index is 1100. The van der Waals surface area contributed by atoms with Gasteiger partial charge in [-0.15, -0.1) is 0 Å². The number of nitrogens with zero attached hydrogens (tertiary/aromatic N) is 2. The average molecular weight is 437 g/mol. The number of aryl methyl sites for hydroxylation is 1. The third-order valence-electron chi connectivity index (χ3n) is 5.24. The summed E-state index contributed by atoms with van der Waals surface area (Å²) in [5.74, 6) is -0.131. The van der Waals surface area contributed by atoms with Crippen molar-refractivity contribution < 1.29 is 14.0 Å². The molecule has 0 fully saturated rings. The lowest BCUT2D eigenvalue weighted by molar-refractivity contribution is -0.121. The highest BCUT2D eigenvalue weighted by Crippen LogP contribution is 2.22. The second kappa shape index (κ2) is 9.77. The van der Waals surface area contributed by atoms with E-state index in [1.54, 1.807) is 48.1 Å². The molecule has 0 aliphatic rings. The molecule has 3 rings (SSSR count). The number of aromatic nitrogens is 2. The number of hydrogen-bond donors (Lipinski definition) is 2. The summed E-state index contributed by atoms with van der Waals surface area (Å²) in [7, 11) is 0. The zero-order valence-corrected chi connectivity index (χ0v) is 18.9. The maximum atomic E-state index is 14.5. The van der Waals surface area contributed by atoms with Crippen LogP contribution in [-0.4, -0.2) is 27.9 Å². The maximum Gasteiger partial charge on any atom is 0.251 e. The molecule has 1 heterocycles. The average Bonchev–Trinajstić information content (AvgIpc) is 3.17. The van der Waals surface area contributed by atoms with E-state index >= 15 is 0 Å². The first kappa shape index (κ1) is 23.2. The van der Waals surface area contributed by atoms with E-state index in [1.807, 2.05) is 12.1 Å². The van der Waals surface area contributed by atoms with Gasteiger partial charge in [0.05, 0.1) is 5.69 Å². The van der Waals surface area contributed by atoms with Gasteiger partial charge < -0.3 is 15.2 Å². The predicted molar refractivity (Wildman–Crippen MR) is 122 cm³/mol. The molecule has 0 radical (unpaired) electrons.